The molecule has 0 fully saturated rings. The van der Waals surface area contributed by atoms with Gasteiger partial charge in [-0.15, -0.1) is 0 Å². The standard InChI is InChI=1S/C10H11BrN2O4/c1-5(14)8(10(16)17)13-9(15)6-3-2-4-7(11)12-6/h2-5,8,14H,1H3,(H,13,15)(H,16,17). The van der Waals surface area contributed by atoms with Crippen molar-refractivity contribution in [1.29, 1.82) is 0 Å². The van der Waals surface area contributed by atoms with Crippen LogP contribution in [0.5, 0.6) is 0 Å². The largest absolute Gasteiger partial charge is 0.480 e. The van der Waals surface area contributed by atoms with E-state index >= 15 is 0 Å². The molecule has 0 radical (unpaired) electrons. The maximum absolute atomic E-state index is 11.6. The molecule has 2 unspecified atom stereocenters. The van der Waals surface area contributed by atoms with Crippen LogP contribution in [0.1, 0.15) is 17.4 Å². The quantitative estimate of drug-likeness (QED) is 0.700. The summed E-state index contributed by atoms with van der Waals surface area (Å²) in [5, 5.41) is 20.2. The minimum Gasteiger partial charge on any atom is -0.480 e. The van der Waals surface area contributed by atoms with Gasteiger partial charge in [-0.05, 0) is 35.0 Å². The van der Waals surface area contributed by atoms with Gasteiger partial charge >= 0.3 is 5.97 Å². The van der Waals surface area contributed by atoms with Crippen molar-refractivity contribution in [3.63, 3.8) is 0 Å². The zero-order valence-electron chi connectivity index (χ0n) is 8.92. The number of aliphatic hydroxyl groups excluding tert-OH is 1. The number of nitrogens with one attached hydrogen (secondary N) is 1. The second kappa shape index (κ2) is 5.74. The Hall–Kier alpha value is -1.47. The molecular formula is C10H11BrN2O4. The number of carboxylic acids is 1. The van der Waals surface area contributed by atoms with E-state index in [1.165, 1.54) is 13.0 Å². The van der Waals surface area contributed by atoms with Gasteiger partial charge in [-0.2, -0.15) is 0 Å². The summed E-state index contributed by atoms with van der Waals surface area (Å²) in [7, 11) is 0. The van der Waals surface area contributed by atoms with Gasteiger partial charge in [0.1, 0.15) is 10.3 Å². The summed E-state index contributed by atoms with van der Waals surface area (Å²) in [4.78, 5) is 26.3. The SMILES string of the molecule is CC(O)C(NC(=O)c1cccc(Br)n1)C(=O)O. The molecule has 0 saturated heterocycles. The van der Waals surface area contributed by atoms with E-state index in [2.05, 4.69) is 26.2 Å². The summed E-state index contributed by atoms with van der Waals surface area (Å²) in [6.07, 6.45) is -1.19. The molecule has 92 valence electrons. The molecule has 2 atom stereocenters. The Kier molecular flexibility index (Phi) is 4.59. The molecule has 3 N–H and O–H groups in total. The van der Waals surface area contributed by atoms with Crippen molar-refractivity contribution in [2.45, 2.75) is 19.1 Å². The molecule has 1 amide bonds. The van der Waals surface area contributed by atoms with Gasteiger partial charge < -0.3 is 15.5 Å². The number of carbonyl (C=O) groups is 2. The van der Waals surface area contributed by atoms with Gasteiger partial charge in [0, 0.05) is 0 Å². The molecule has 1 aromatic rings. The molecule has 0 saturated carbocycles. The summed E-state index contributed by atoms with van der Waals surface area (Å²) in [6, 6.07) is 3.33. The second-order valence-electron chi connectivity index (χ2n) is 3.38. The van der Waals surface area contributed by atoms with Crippen LogP contribution in [0, 0.1) is 0 Å². The summed E-state index contributed by atoms with van der Waals surface area (Å²) < 4.78 is 0.467. The molecule has 7 heteroatoms. The topological polar surface area (TPSA) is 99.5 Å². The Morgan fingerprint density at radius 1 is 1.47 bits per heavy atom. The van der Waals surface area contributed by atoms with Crippen LogP contribution in [0.25, 0.3) is 0 Å². The van der Waals surface area contributed by atoms with Crippen molar-refractivity contribution in [2.75, 3.05) is 0 Å². The lowest BCUT2D eigenvalue weighted by molar-refractivity contribution is -0.141. The smallest absolute Gasteiger partial charge is 0.328 e. The third-order valence-electron chi connectivity index (χ3n) is 1.98. The highest BCUT2D eigenvalue weighted by atomic mass is 79.9. The van der Waals surface area contributed by atoms with Gasteiger partial charge in [-0.25, -0.2) is 9.78 Å². The van der Waals surface area contributed by atoms with Gasteiger partial charge in [-0.1, -0.05) is 6.07 Å². The highest BCUT2D eigenvalue weighted by Crippen LogP contribution is 2.06. The van der Waals surface area contributed by atoms with Crippen LogP contribution < -0.4 is 5.32 Å². The first-order valence-electron chi connectivity index (χ1n) is 4.76. The first-order valence-corrected chi connectivity index (χ1v) is 5.55. The van der Waals surface area contributed by atoms with E-state index in [0.717, 1.165) is 0 Å². The first kappa shape index (κ1) is 13.6. The minimum atomic E-state index is -1.36. The predicted molar refractivity (Wildman–Crippen MR) is 62.5 cm³/mol. The lowest BCUT2D eigenvalue weighted by Gasteiger charge is -2.16. The molecule has 1 heterocycles. The number of carbonyl (C=O) groups excluding carboxylic acids is 1. The number of aliphatic carboxylic acids is 1. The molecule has 0 spiro atoms. The number of halogens is 1. The summed E-state index contributed by atoms with van der Waals surface area (Å²) in [6.45, 7) is 1.29. The van der Waals surface area contributed by atoms with Crippen LogP contribution in [-0.4, -0.2) is 39.2 Å². The lowest BCUT2D eigenvalue weighted by Crippen LogP contribution is -2.47. The van der Waals surface area contributed by atoms with E-state index < -0.39 is 24.0 Å². The van der Waals surface area contributed by atoms with Crippen molar-refractivity contribution in [2.24, 2.45) is 0 Å². The number of pyridine rings is 1. The van der Waals surface area contributed by atoms with Crippen LogP contribution >= 0.6 is 15.9 Å². The van der Waals surface area contributed by atoms with E-state index in [9.17, 15) is 14.7 Å². The number of aliphatic hydroxyl groups is 1. The fraction of sp³-hybridized carbons (Fsp3) is 0.300. The predicted octanol–water partition coefficient (Wildman–Crippen LogP) is 0.408. The number of hydrogen-bond donors (Lipinski definition) is 3. The van der Waals surface area contributed by atoms with E-state index in [-0.39, 0.29) is 5.69 Å². The monoisotopic (exact) mass is 302 g/mol. The van der Waals surface area contributed by atoms with Crippen molar-refractivity contribution >= 4 is 27.8 Å². The molecule has 1 aromatic heterocycles. The number of rotatable bonds is 4. The van der Waals surface area contributed by atoms with E-state index in [1.807, 2.05) is 0 Å². The van der Waals surface area contributed by atoms with Crippen molar-refractivity contribution in [1.82, 2.24) is 10.3 Å². The molecule has 0 aromatic carbocycles. The zero-order chi connectivity index (χ0) is 13.0. The molecular weight excluding hydrogens is 292 g/mol. The van der Waals surface area contributed by atoms with Crippen LogP contribution in [0.3, 0.4) is 0 Å². The Morgan fingerprint density at radius 2 is 2.12 bits per heavy atom. The van der Waals surface area contributed by atoms with E-state index in [1.54, 1.807) is 12.1 Å². The number of aromatic nitrogens is 1. The van der Waals surface area contributed by atoms with Crippen molar-refractivity contribution < 1.29 is 19.8 Å². The average molecular weight is 303 g/mol. The van der Waals surface area contributed by atoms with Gasteiger partial charge in [0.05, 0.1) is 6.10 Å². The Bertz CT molecular complexity index is 436. The lowest BCUT2D eigenvalue weighted by atomic mass is 10.2. The minimum absolute atomic E-state index is 0.0753. The Morgan fingerprint density at radius 3 is 2.59 bits per heavy atom. The molecule has 1 rings (SSSR count). The van der Waals surface area contributed by atoms with Gasteiger partial charge in [-0.3, -0.25) is 4.79 Å². The van der Waals surface area contributed by atoms with Crippen molar-refractivity contribution in [3.8, 4) is 0 Å². The van der Waals surface area contributed by atoms with Gasteiger partial charge in [0.2, 0.25) is 0 Å². The molecule has 0 bridgehead atoms. The first-order chi connectivity index (χ1) is 7.91. The maximum atomic E-state index is 11.6. The Balaban J connectivity index is 2.81. The average Bonchev–Trinajstić information content (AvgIpc) is 2.24. The highest BCUT2D eigenvalue weighted by Gasteiger charge is 2.25. The fourth-order valence-corrected chi connectivity index (χ4v) is 1.48. The number of nitrogens with zero attached hydrogens (tertiary/aromatic N) is 1. The van der Waals surface area contributed by atoms with Crippen LogP contribution in [-0.2, 0) is 4.79 Å². The van der Waals surface area contributed by atoms with E-state index in [4.69, 9.17) is 5.11 Å². The highest BCUT2D eigenvalue weighted by molar-refractivity contribution is 9.10. The molecule has 17 heavy (non-hydrogen) atoms. The third-order valence-corrected chi connectivity index (χ3v) is 2.42. The maximum Gasteiger partial charge on any atom is 0.328 e. The van der Waals surface area contributed by atoms with Crippen molar-refractivity contribution in [3.05, 3.63) is 28.5 Å². The summed E-state index contributed by atoms with van der Waals surface area (Å²) in [5.41, 5.74) is 0.0753. The van der Waals surface area contributed by atoms with Crippen LogP contribution in [0.4, 0.5) is 0 Å². The number of hydrogen-bond acceptors (Lipinski definition) is 4. The zero-order valence-corrected chi connectivity index (χ0v) is 10.5. The van der Waals surface area contributed by atoms with Gasteiger partial charge in [0.25, 0.3) is 5.91 Å². The summed E-state index contributed by atoms with van der Waals surface area (Å²) in [5.74, 6) is -1.96. The molecule has 6 nitrogen and oxygen atoms in total. The number of carboxylic acid groups (broad SMARTS) is 1. The second-order valence-corrected chi connectivity index (χ2v) is 4.19. The fourth-order valence-electron chi connectivity index (χ4n) is 1.14. The van der Waals surface area contributed by atoms with Crippen LogP contribution in [0.2, 0.25) is 0 Å². The summed E-state index contributed by atoms with van der Waals surface area (Å²) >= 11 is 3.10. The molecule has 0 aliphatic carbocycles. The normalized spacial score (nSPS) is 13.8. The van der Waals surface area contributed by atoms with Gasteiger partial charge in [0.15, 0.2) is 6.04 Å². The Labute approximate surface area is 106 Å². The molecule has 0 aliphatic rings. The van der Waals surface area contributed by atoms with E-state index in [0.29, 0.717) is 4.60 Å². The van der Waals surface area contributed by atoms with Crippen LogP contribution in [0.15, 0.2) is 22.8 Å². The third kappa shape index (κ3) is 3.79. The molecule has 0 aliphatic heterocycles. The number of amides is 1.